The molecule has 1 heterocycles. The minimum atomic E-state index is -0.250. The second kappa shape index (κ2) is 3.54. The molecule has 0 spiro atoms. The van der Waals surface area contributed by atoms with Crippen molar-refractivity contribution >= 4 is 11.3 Å². The van der Waals surface area contributed by atoms with E-state index in [-0.39, 0.29) is 6.10 Å². The van der Waals surface area contributed by atoms with Crippen LogP contribution in [0.5, 0.6) is 0 Å². The van der Waals surface area contributed by atoms with Crippen molar-refractivity contribution in [1.29, 1.82) is 0 Å². The van der Waals surface area contributed by atoms with Crippen molar-refractivity contribution in [3.63, 3.8) is 0 Å². The Morgan fingerprint density at radius 3 is 2.83 bits per heavy atom. The van der Waals surface area contributed by atoms with Crippen LogP contribution in [0.25, 0.3) is 0 Å². The average molecular weight is 183 g/mol. The van der Waals surface area contributed by atoms with E-state index >= 15 is 0 Å². The van der Waals surface area contributed by atoms with Crippen LogP contribution in [0.2, 0.25) is 0 Å². The number of nitrogens with zero attached hydrogens (tertiary/aromatic N) is 1. The predicted molar refractivity (Wildman–Crippen MR) is 49.0 cm³/mol. The van der Waals surface area contributed by atoms with Crippen LogP contribution in [0.3, 0.4) is 0 Å². The molecule has 1 aliphatic rings. The van der Waals surface area contributed by atoms with Crippen molar-refractivity contribution < 1.29 is 5.11 Å². The fourth-order valence-electron chi connectivity index (χ4n) is 1.88. The van der Waals surface area contributed by atoms with Gasteiger partial charge in [0.1, 0.15) is 0 Å². The van der Waals surface area contributed by atoms with E-state index in [2.05, 4.69) is 4.98 Å². The lowest BCUT2D eigenvalue weighted by molar-refractivity contribution is 0.115. The van der Waals surface area contributed by atoms with E-state index in [1.807, 2.05) is 0 Å². The van der Waals surface area contributed by atoms with Gasteiger partial charge in [0.2, 0.25) is 0 Å². The Morgan fingerprint density at radius 1 is 1.50 bits per heavy atom. The van der Waals surface area contributed by atoms with E-state index in [0.29, 0.717) is 5.92 Å². The minimum Gasteiger partial charge on any atom is -0.387 e. The summed E-state index contributed by atoms with van der Waals surface area (Å²) in [4.78, 5) is 5.00. The van der Waals surface area contributed by atoms with Crippen LogP contribution in [-0.4, -0.2) is 10.1 Å². The number of aliphatic hydroxyl groups excluding tert-OH is 1. The van der Waals surface area contributed by atoms with Gasteiger partial charge in [-0.3, -0.25) is 4.98 Å². The molecule has 0 saturated heterocycles. The summed E-state index contributed by atoms with van der Waals surface area (Å²) >= 11 is 1.56. The molecule has 12 heavy (non-hydrogen) atoms. The molecule has 2 rings (SSSR count). The van der Waals surface area contributed by atoms with E-state index < -0.39 is 0 Å². The number of rotatable bonds is 2. The number of hydrogen-bond donors (Lipinski definition) is 1. The molecule has 1 aromatic rings. The van der Waals surface area contributed by atoms with Crippen LogP contribution in [0, 0.1) is 5.92 Å². The fourth-order valence-corrected chi connectivity index (χ4v) is 2.57. The largest absolute Gasteiger partial charge is 0.387 e. The molecule has 2 nitrogen and oxygen atoms in total. The number of hydrogen-bond acceptors (Lipinski definition) is 3. The first kappa shape index (κ1) is 8.20. The van der Waals surface area contributed by atoms with E-state index in [0.717, 1.165) is 4.88 Å². The van der Waals surface area contributed by atoms with Gasteiger partial charge in [-0.25, -0.2) is 0 Å². The highest BCUT2D eigenvalue weighted by atomic mass is 32.1. The predicted octanol–water partition coefficient (Wildman–Crippen LogP) is 2.37. The molecule has 0 bridgehead atoms. The molecule has 66 valence electrons. The third-order valence-electron chi connectivity index (χ3n) is 2.59. The molecule has 0 aliphatic heterocycles. The minimum absolute atomic E-state index is 0.250. The molecule has 1 aliphatic carbocycles. The molecule has 0 radical (unpaired) electrons. The molecule has 0 aromatic carbocycles. The smallest absolute Gasteiger partial charge is 0.0926 e. The van der Waals surface area contributed by atoms with Gasteiger partial charge in [0.25, 0.3) is 0 Å². The lowest BCUT2D eigenvalue weighted by Crippen LogP contribution is -2.06. The Kier molecular flexibility index (Phi) is 2.42. The fraction of sp³-hybridized carbons (Fsp3) is 0.667. The summed E-state index contributed by atoms with van der Waals surface area (Å²) < 4.78 is 0. The molecular formula is C9H13NOS. The van der Waals surface area contributed by atoms with Gasteiger partial charge in [-0.05, 0) is 18.8 Å². The Labute approximate surface area is 76.3 Å². The van der Waals surface area contributed by atoms with Gasteiger partial charge >= 0.3 is 0 Å². The Morgan fingerprint density at radius 2 is 2.25 bits per heavy atom. The molecule has 0 amide bonds. The molecule has 1 atom stereocenters. The Bertz CT molecular complexity index is 229. The topological polar surface area (TPSA) is 33.1 Å². The van der Waals surface area contributed by atoms with Crippen molar-refractivity contribution in [3.05, 3.63) is 16.6 Å². The van der Waals surface area contributed by atoms with Gasteiger partial charge in [-0.2, -0.15) is 0 Å². The van der Waals surface area contributed by atoms with Gasteiger partial charge in [-0.15, -0.1) is 11.3 Å². The SMILES string of the molecule is OC(c1cncs1)C1CCCC1. The summed E-state index contributed by atoms with van der Waals surface area (Å²) in [5.74, 6) is 0.491. The average Bonchev–Trinajstić information content (AvgIpc) is 2.77. The highest BCUT2D eigenvalue weighted by molar-refractivity contribution is 7.09. The van der Waals surface area contributed by atoms with Gasteiger partial charge in [0, 0.05) is 6.20 Å². The molecule has 1 saturated carbocycles. The first-order valence-electron chi connectivity index (χ1n) is 4.44. The van der Waals surface area contributed by atoms with Crippen LogP contribution in [-0.2, 0) is 0 Å². The van der Waals surface area contributed by atoms with Crippen molar-refractivity contribution in [2.75, 3.05) is 0 Å². The summed E-state index contributed by atoms with van der Waals surface area (Å²) in [6.45, 7) is 0. The summed E-state index contributed by atoms with van der Waals surface area (Å²) in [7, 11) is 0. The van der Waals surface area contributed by atoms with Gasteiger partial charge < -0.3 is 5.11 Å². The van der Waals surface area contributed by atoms with E-state index in [1.54, 1.807) is 23.0 Å². The van der Waals surface area contributed by atoms with Crippen LogP contribution in [0.4, 0.5) is 0 Å². The highest BCUT2D eigenvalue weighted by Crippen LogP contribution is 2.36. The van der Waals surface area contributed by atoms with E-state index in [9.17, 15) is 5.11 Å². The quantitative estimate of drug-likeness (QED) is 0.763. The maximum atomic E-state index is 9.88. The zero-order valence-electron chi connectivity index (χ0n) is 6.94. The molecule has 1 aromatic heterocycles. The van der Waals surface area contributed by atoms with E-state index in [4.69, 9.17) is 0 Å². The summed E-state index contributed by atoms with van der Waals surface area (Å²) in [5, 5.41) is 9.88. The molecule has 1 N–H and O–H groups in total. The second-order valence-electron chi connectivity index (χ2n) is 3.39. The summed E-state index contributed by atoms with van der Waals surface area (Å²) in [6, 6.07) is 0. The molecule has 1 unspecified atom stereocenters. The first-order valence-corrected chi connectivity index (χ1v) is 5.32. The van der Waals surface area contributed by atoms with E-state index in [1.165, 1.54) is 25.7 Å². The Balaban J connectivity index is 2.04. The van der Waals surface area contributed by atoms with Crippen LogP contribution in [0.15, 0.2) is 11.7 Å². The van der Waals surface area contributed by atoms with Crippen molar-refractivity contribution in [2.45, 2.75) is 31.8 Å². The maximum Gasteiger partial charge on any atom is 0.0926 e. The molecule has 3 heteroatoms. The normalized spacial score (nSPS) is 21.4. The van der Waals surface area contributed by atoms with Crippen molar-refractivity contribution in [1.82, 2.24) is 4.98 Å². The number of aromatic nitrogens is 1. The molecule has 1 fully saturated rings. The first-order chi connectivity index (χ1) is 5.88. The Hall–Kier alpha value is -0.410. The van der Waals surface area contributed by atoms with Gasteiger partial charge in [0.15, 0.2) is 0 Å². The highest BCUT2D eigenvalue weighted by Gasteiger charge is 2.24. The zero-order valence-corrected chi connectivity index (χ0v) is 7.76. The summed E-state index contributed by atoms with van der Waals surface area (Å²) in [6.07, 6.45) is 6.45. The lowest BCUT2D eigenvalue weighted by Gasteiger charge is -2.14. The standard InChI is InChI=1S/C9H13NOS/c11-9(7-3-1-2-4-7)8-5-10-6-12-8/h5-7,9,11H,1-4H2. The van der Waals surface area contributed by atoms with Crippen molar-refractivity contribution in [2.24, 2.45) is 5.92 Å². The van der Waals surface area contributed by atoms with Crippen LogP contribution < -0.4 is 0 Å². The lowest BCUT2D eigenvalue weighted by atomic mass is 10.0. The maximum absolute atomic E-state index is 9.88. The van der Waals surface area contributed by atoms with Crippen LogP contribution >= 0.6 is 11.3 Å². The van der Waals surface area contributed by atoms with Crippen molar-refractivity contribution in [3.8, 4) is 0 Å². The summed E-state index contributed by atoms with van der Waals surface area (Å²) in [5.41, 5.74) is 1.79. The molecular weight excluding hydrogens is 170 g/mol. The zero-order chi connectivity index (χ0) is 8.39. The van der Waals surface area contributed by atoms with Crippen LogP contribution in [0.1, 0.15) is 36.7 Å². The monoisotopic (exact) mass is 183 g/mol. The second-order valence-corrected chi connectivity index (χ2v) is 4.31. The number of aliphatic hydroxyl groups is 1. The van der Waals surface area contributed by atoms with Gasteiger partial charge in [0.05, 0.1) is 16.5 Å². The number of thiazole rings is 1. The van der Waals surface area contributed by atoms with Gasteiger partial charge in [-0.1, -0.05) is 12.8 Å². The third-order valence-corrected chi connectivity index (χ3v) is 3.44. The third kappa shape index (κ3) is 1.52.